The van der Waals surface area contributed by atoms with Crippen LogP contribution in [0.4, 0.5) is 10.1 Å². The lowest BCUT2D eigenvalue weighted by atomic mass is 10.2. The third-order valence-electron chi connectivity index (χ3n) is 2.40. The molecule has 0 atom stereocenters. The van der Waals surface area contributed by atoms with Crippen molar-refractivity contribution < 1.29 is 4.39 Å². The van der Waals surface area contributed by atoms with Gasteiger partial charge in [0.05, 0.1) is 10.0 Å². The van der Waals surface area contributed by atoms with Gasteiger partial charge in [-0.25, -0.2) is 4.39 Å². The van der Waals surface area contributed by atoms with E-state index in [9.17, 15) is 4.39 Å². The Morgan fingerprint density at radius 2 is 1.83 bits per heavy atom. The molecule has 0 saturated carbocycles. The van der Waals surface area contributed by atoms with Gasteiger partial charge in [0.25, 0.3) is 0 Å². The molecule has 0 aliphatic heterocycles. The van der Waals surface area contributed by atoms with Crippen molar-refractivity contribution in [2.24, 2.45) is 0 Å². The molecular formula is C13H9BrCl2FN. The Morgan fingerprint density at radius 3 is 2.50 bits per heavy atom. The molecule has 0 radical (unpaired) electrons. The maximum absolute atomic E-state index is 13.0. The van der Waals surface area contributed by atoms with Gasteiger partial charge < -0.3 is 5.32 Å². The van der Waals surface area contributed by atoms with Gasteiger partial charge in [0.1, 0.15) is 5.82 Å². The molecule has 18 heavy (non-hydrogen) atoms. The number of halogens is 4. The number of benzene rings is 2. The number of rotatable bonds is 3. The first-order valence-electron chi connectivity index (χ1n) is 5.19. The van der Waals surface area contributed by atoms with E-state index in [2.05, 4.69) is 21.2 Å². The molecule has 2 aromatic rings. The van der Waals surface area contributed by atoms with Gasteiger partial charge in [0, 0.05) is 16.7 Å². The zero-order valence-corrected chi connectivity index (χ0v) is 12.3. The largest absolute Gasteiger partial charge is 0.381 e. The zero-order valence-electron chi connectivity index (χ0n) is 9.18. The van der Waals surface area contributed by atoms with E-state index in [1.54, 1.807) is 12.1 Å². The fourth-order valence-corrected chi connectivity index (χ4v) is 2.18. The van der Waals surface area contributed by atoms with Crippen molar-refractivity contribution in [2.45, 2.75) is 6.54 Å². The number of hydrogen-bond acceptors (Lipinski definition) is 1. The van der Waals surface area contributed by atoms with Crippen LogP contribution in [0.5, 0.6) is 0 Å². The monoisotopic (exact) mass is 347 g/mol. The summed E-state index contributed by atoms with van der Waals surface area (Å²) >= 11 is 15.0. The second-order valence-electron chi connectivity index (χ2n) is 3.73. The Bertz CT molecular complexity index is 523. The van der Waals surface area contributed by atoms with Gasteiger partial charge in [-0.1, -0.05) is 29.3 Å². The predicted octanol–water partition coefficient (Wildman–Crippen LogP) is 5.51. The quantitative estimate of drug-likeness (QED) is 0.771. The molecule has 0 aliphatic rings. The normalized spacial score (nSPS) is 10.4. The lowest BCUT2D eigenvalue weighted by molar-refractivity contribution is 0.628. The molecular weight excluding hydrogens is 340 g/mol. The first-order chi connectivity index (χ1) is 8.56. The van der Waals surface area contributed by atoms with Gasteiger partial charge in [-0.05, 0) is 51.8 Å². The Hall–Kier alpha value is -0.770. The van der Waals surface area contributed by atoms with Crippen molar-refractivity contribution in [3.05, 3.63) is 62.3 Å². The average molecular weight is 349 g/mol. The minimum atomic E-state index is -0.420. The lowest BCUT2D eigenvalue weighted by Gasteiger charge is -2.08. The van der Waals surface area contributed by atoms with E-state index >= 15 is 0 Å². The molecule has 0 spiro atoms. The van der Waals surface area contributed by atoms with Crippen molar-refractivity contribution in [3.63, 3.8) is 0 Å². The molecule has 0 aromatic heterocycles. The van der Waals surface area contributed by atoms with Crippen molar-refractivity contribution in [3.8, 4) is 0 Å². The number of hydrogen-bond donors (Lipinski definition) is 1. The molecule has 94 valence electrons. The molecule has 2 rings (SSSR count). The fourth-order valence-electron chi connectivity index (χ4n) is 1.46. The highest BCUT2D eigenvalue weighted by molar-refractivity contribution is 9.10. The van der Waals surface area contributed by atoms with Gasteiger partial charge in [-0.3, -0.25) is 0 Å². The molecule has 1 N–H and O–H groups in total. The fraction of sp³-hybridized carbons (Fsp3) is 0.0769. The standard InChI is InChI=1S/C13H9BrCl2FN/c14-10-5-8(1-3-11(10)15)7-18-9-2-4-13(17)12(16)6-9/h1-6,18H,7H2. The molecule has 5 heteroatoms. The van der Waals surface area contributed by atoms with Crippen molar-refractivity contribution in [1.29, 1.82) is 0 Å². The van der Waals surface area contributed by atoms with E-state index in [4.69, 9.17) is 23.2 Å². The molecule has 0 aliphatic carbocycles. The van der Waals surface area contributed by atoms with E-state index in [1.165, 1.54) is 6.07 Å². The summed E-state index contributed by atoms with van der Waals surface area (Å²) in [5.41, 5.74) is 1.83. The molecule has 0 heterocycles. The number of anilines is 1. The van der Waals surface area contributed by atoms with Crippen LogP contribution in [-0.4, -0.2) is 0 Å². The van der Waals surface area contributed by atoms with Gasteiger partial charge in [0.2, 0.25) is 0 Å². The summed E-state index contributed by atoms with van der Waals surface area (Å²) in [6, 6.07) is 10.2. The van der Waals surface area contributed by atoms with Crippen LogP contribution in [0, 0.1) is 5.82 Å². The highest BCUT2D eigenvalue weighted by Crippen LogP contribution is 2.24. The van der Waals surface area contributed by atoms with Crippen LogP contribution in [-0.2, 0) is 6.54 Å². The maximum Gasteiger partial charge on any atom is 0.141 e. The zero-order chi connectivity index (χ0) is 13.1. The summed E-state index contributed by atoms with van der Waals surface area (Å²) in [5.74, 6) is -0.420. The summed E-state index contributed by atoms with van der Waals surface area (Å²) in [5, 5.41) is 3.94. The first kappa shape index (κ1) is 13.7. The minimum Gasteiger partial charge on any atom is -0.381 e. The Labute approximate surface area is 123 Å². The minimum absolute atomic E-state index is 0.109. The Balaban J connectivity index is 2.06. The van der Waals surface area contributed by atoms with E-state index in [0.29, 0.717) is 11.6 Å². The molecule has 2 aromatic carbocycles. The molecule has 0 saturated heterocycles. The molecule has 1 nitrogen and oxygen atoms in total. The smallest absolute Gasteiger partial charge is 0.141 e. The van der Waals surface area contributed by atoms with Gasteiger partial charge >= 0.3 is 0 Å². The topological polar surface area (TPSA) is 12.0 Å². The average Bonchev–Trinajstić information content (AvgIpc) is 2.35. The predicted molar refractivity (Wildman–Crippen MR) is 77.9 cm³/mol. The van der Waals surface area contributed by atoms with Crippen LogP contribution in [0.1, 0.15) is 5.56 Å². The van der Waals surface area contributed by atoms with Gasteiger partial charge in [0.15, 0.2) is 0 Å². The van der Waals surface area contributed by atoms with E-state index in [0.717, 1.165) is 15.7 Å². The highest BCUT2D eigenvalue weighted by atomic mass is 79.9. The van der Waals surface area contributed by atoms with E-state index in [1.807, 2.05) is 18.2 Å². The molecule has 0 unspecified atom stereocenters. The summed E-state index contributed by atoms with van der Waals surface area (Å²) in [6.45, 7) is 0.609. The van der Waals surface area contributed by atoms with Gasteiger partial charge in [-0.15, -0.1) is 0 Å². The number of nitrogens with one attached hydrogen (secondary N) is 1. The Morgan fingerprint density at radius 1 is 1.06 bits per heavy atom. The van der Waals surface area contributed by atoms with Crippen LogP contribution < -0.4 is 5.32 Å². The molecule has 0 fully saturated rings. The third-order valence-corrected chi connectivity index (χ3v) is 3.90. The second kappa shape index (κ2) is 5.91. The second-order valence-corrected chi connectivity index (χ2v) is 5.40. The SMILES string of the molecule is Fc1ccc(NCc2ccc(Cl)c(Br)c2)cc1Cl. The van der Waals surface area contributed by atoms with Crippen LogP contribution >= 0.6 is 39.1 Å². The van der Waals surface area contributed by atoms with Crippen LogP contribution in [0.15, 0.2) is 40.9 Å². The summed E-state index contributed by atoms with van der Waals surface area (Å²) in [6.07, 6.45) is 0. The highest BCUT2D eigenvalue weighted by Gasteiger charge is 2.02. The lowest BCUT2D eigenvalue weighted by Crippen LogP contribution is -1.99. The van der Waals surface area contributed by atoms with Crippen molar-refractivity contribution >= 4 is 44.8 Å². The summed E-state index contributed by atoms with van der Waals surface area (Å²) in [7, 11) is 0. The first-order valence-corrected chi connectivity index (χ1v) is 6.74. The van der Waals surface area contributed by atoms with Crippen molar-refractivity contribution in [1.82, 2.24) is 0 Å². The maximum atomic E-state index is 13.0. The van der Waals surface area contributed by atoms with Crippen molar-refractivity contribution in [2.75, 3.05) is 5.32 Å². The van der Waals surface area contributed by atoms with Crippen LogP contribution in [0.25, 0.3) is 0 Å². The van der Waals surface area contributed by atoms with Crippen LogP contribution in [0.2, 0.25) is 10.0 Å². The van der Waals surface area contributed by atoms with Gasteiger partial charge in [-0.2, -0.15) is 0 Å². The van der Waals surface area contributed by atoms with Crippen LogP contribution in [0.3, 0.4) is 0 Å². The Kier molecular flexibility index (Phi) is 4.49. The summed E-state index contributed by atoms with van der Waals surface area (Å²) < 4.78 is 13.8. The molecule has 0 amide bonds. The van der Waals surface area contributed by atoms with E-state index in [-0.39, 0.29) is 5.02 Å². The summed E-state index contributed by atoms with van der Waals surface area (Å²) in [4.78, 5) is 0. The molecule has 0 bridgehead atoms. The third kappa shape index (κ3) is 3.37. The van der Waals surface area contributed by atoms with E-state index < -0.39 is 5.82 Å².